The van der Waals surface area contributed by atoms with E-state index in [2.05, 4.69) is 24.0 Å². The van der Waals surface area contributed by atoms with Gasteiger partial charge in [0.2, 0.25) is 5.88 Å². The number of amides is 1. The minimum absolute atomic E-state index is 0.203. The second-order valence-corrected chi connectivity index (χ2v) is 9.07. The van der Waals surface area contributed by atoms with Crippen molar-refractivity contribution in [2.45, 2.75) is 51.5 Å². The molecule has 0 saturated carbocycles. The molecular weight excluding hydrogens is 442 g/mol. The van der Waals surface area contributed by atoms with E-state index in [1.807, 2.05) is 49.4 Å². The van der Waals surface area contributed by atoms with Gasteiger partial charge in [0.15, 0.2) is 5.56 Å². The zero-order chi connectivity index (χ0) is 24.9. The Morgan fingerprint density at radius 3 is 2.60 bits per heavy atom. The number of unbranched alkanes of at least 4 members (excludes halogenated alkanes) is 1. The zero-order valence-electron chi connectivity index (χ0n) is 20.6. The number of hydrogen-bond donors (Lipinski definition) is 1. The number of para-hydroxylation sites is 1. The first kappa shape index (κ1) is 24.5. The van der Waals surface area contributed by atoms with Gasteiger partial charge in [0.05, 0.1) is 13.2 Å². The van der Waals surface area contributed by atoms with E-state index in [9.17, 15) is 14.7 Å². The molecule has 1 saturated heterocycles. The van der Waals surface area contributed by atoms with E-state index >= 15 is 0 Å². The van der Waals surface area contributed by atoms with Crippen LogP contribution >= 0.6 is 0 Å². The van der Waals surface area contributed by atoms with E-state index in [0.29, 0.717) is 31.1 Å². The third-order valence-electron chi connectivity index (χ3n) is 6.86. The van der Waals surface area contributed by atoms with Crippen LogP contribution in [0.1, 0.15) is 72.4 Å². The Kier molecular flexibility index (Phi) is 7.54. The Balaban J connectivity index is 1.73. The molecule has 3 aromatic rings. The monoisotopic (exact) mass is 475 g/mol. The van der Waals surface area contributed by atoms with E-state index in [1.165, 1.54) is 5.56 Å². The summed E-state index contributed by atoms with van der Waals surface area (Å²) in [5.74, 6) is 0.362. The summed E-state index contributed by atoms with van der Waals surface area (Å²) in [7, 11) is 1.59. The van der Waals surface area contributed by atoms with Gasteiger partial charge in [0.1, 0.15) is 11.6 Å². The van der Waals surface area contributed by atoms with Crippen LogP contribution in [0.3, 0.4) is 0 Å². The molecule has 7 nitrogen and oxygen atoms in total. The first-order valence-electron chi connectivity index (χ1n) is 12.3. The van der Waals surface area contributed by atoms with Crippen molar-refractivity contribution < 1.29 is 14.6 Å². The Morgan fingerprint density at radius 1 is 1.17 bits per heavy atom. The predicted octanol–water partition coefficient (Wildman–Crippen LogP) is 4.54. The van der Waals surface area contributed by atoms with Gasteiger partial charge in [0.25, 0.3) is 11.5 Å². The van der Waals surface area contributed by atoms with Gasteiger partial charge in [-0.2, -0.15) is 4.98 Å². The zero-order valence-corrected chi connectivity index (χ0v) is 20.6. The highest BCUT2D eigenvalue weighted by molar-refractivity contribution is 5.96. The number of aryl methyl sites for hydroxylation is 1. The Hall–Kier alpha value is -3.61. The summed E-state index contributed by atoms with van der Waals surface area (Å²) in [6.45, 7) is 4.97. The maximum Gasteiger partial charge on any atom is 0.270 e. The fraction of sp³-hybridized carbons (Fsp3) is 0.393. The normalized spacial score (nSPS) is 16.3. The summed E-state index contributed by atoms with van der Waals surface area (Å²) in [6.07, 6.45) is 3.05. The standard InChI is InChI=1S/C28H33N3O4/c1-4-5-15-24-29-26(32)25(27(33)30-17-16-21(18-30)20-11-7-6-8-12-20)28(34)31(24)19(2)22-13-9-10-14-23(22)35-3/h6-14,19,21,32H,4-5,15-18H2,1-3H3/t19-,21+/m1/s1. The number of aromatic hydroxyl groups is 1. The quantitative estimate of drug-likeness (QED) is 0.517. The van der Waals surface area contributed by atoms with Crippen LogP contribution in [-0.4, -0.2) is 45.7 Å². The lowest BCUT2D eigenvalue weighted by atomic mass is 9.99. The molecule has 1 N–H and O–H groups in total. The van der Waals surface area contributed by atoms with Crippen LogP contribution in [-0.2, 0) is 6.42 Å². The number of carbonyl (C=O) groups is 1. The summed E-state index contributed by atoms with van der Waals surface area (Å²) < 4.78 is 7.07. The number of rotatable bonds is 8. The van der Waals surface area contributed by atoms with Crippen LogP contribution in [0.25, 0.3) is 0 Å². The van der Waals surface area contributed by atoms with Crippen molar-refractivity contribution in [2.24, 2.45) is 0 Å². The summed E-state index contributed by atoms with van der Waals surface area (Å²) in [5.41, 5.74) is 1.20. The van der Waals surface area contributed by atoms with Gasteiger partial charge in [-0.1, -0.05) is 61.9 Å². The molecule has 0 spiro atoms. The minimum Gasteiger partial charge on any atom is -0.496 e. The van der Waals surface area contributed by atoms with Gasteiger partial charge < -0.3 is 14.7 Å². The summed E-state index contributed by atoms with van der Waals surface area (Å²) in [4.78, 5) is 33.4. The average Bonchev–Trinajstić information content (AvgIpc) is 3.38. The molecule has 184 valence electrons. The highest BCUT2D eigenvalue weighted by Crippen LogP contribution is 2.31. The van der Waals surface area contributed by atoms with Crippen molar-refractivity contribution in [1.82, 2.24) is 14.5 Å². The Morgan fingerprint density at radius 2 is 1.89 bits per heavy atom. The number of carbonyl (C=O) groups excluding carboxylic acids is 1. The van der Waals surface area contributed by atoms with Crippen LogP contribution < -0.4 is 10.3 Å². The third-order valence-corrected chi connectivity index (χ3v) is 6.86. The molecular formula is C28H33N3O4. The van der Waals surface area contributed by atoms with Crippen molar-refractivity contribution in [2.75, 3.05) is 20.2 Å². The first-order chi connectivity index (χ1) is 17.0. The molecule has 35 heavy (non-hydrogen) atoms. The Bertz CT molecular complexity index is 1240. The summed E-state index contributed by atoms with van der Waals surface area (Å²) in [6, 6.07) is 17.1. The van der Waals surface area contributed by atoms with Crippen LogP contribution in [0.2, 0.25) is 0 Å². The lowest BCUT2D eigenvalue weighted by molar-refractivity contribution is 0.0783. The molecule has 2 atom stereocenters. The second kappa shape index (κ2) is 10.8. The fourth-order valence-corrected chi connectivity index (χ4v) is 4.91. The molecule has 1 aromatic heterocycles. The highest BCUT2D eigenvalue weighted by atomic mass is 16.5. The Labute approximate surface area is 206 Å². The van der Waals surface area contributed by atoms with E-state index in [0.717, 1.165) is 24.8 Å². The van der Waals surface area contributed by atoms with Crippen molar-refractivity contribution >= 4 is 5.91 Å². The molecule has 0 aliphatic carbocycles. The van der Waals surface area contributed by atoms with Crippen LogP contribution in [0, 0.1) is 0 Å². The molecule has 4 rings (SSSR count). The lowest BCUT2D eigenvalue weighted by Crippen LogP contribution is -2.38. The molecule has 7 heteroatoms. The molecule has 1 fully saturated rings. The first-order valence-corrected chi connectivity index (χ1v) is 12.3. The van der Waals surface area contributed by atoms with E-state index in [-0.39, 0.29) is 11.5 Å². The summed E-state index contributed by atoms with van der Waals surface area (Å²) >= 11 is 0. The lowest BCUT2D eigenvalue weighted by Gasteiger charge is -2.23. The number of likely N-dealkylation sites (tertiary alicyclic amines) is 1. The van der Waals surface area contributed by atoms with Gasteiger partial charge in [-0.15, -0.1) is 0 Å². The van der Waals surface area contributed by atoms with Crippen LogP contribution in [0.4, 0.5) is 0 Å². The van der Waals surface area contributed by atoms with Gasteiger partial charge in [-0.3, -0.25) is 14.2 Å². The molecule has 2 heterocycles. The van der Waals surface area contributed by atoms with Gasteiger partial charge in [-0.05, 0) is 31.4 Å². The number of benzene rings is 2. The maximum atomic E-state index is 13.8. The van der Waals surface area contributed by atoms with Gasteiger partial charge in [-0.25, -0.2) is 0 Å². The van der Waals surface area contributed by atoms with Crippen molar-refractivity contribution in [3.63, 3.8) is 0 Å². The average molecular weight is 476 g/mol. The van der Waals surface area contributed by atoms with Crippen LogP contribution in [0.15, 0.2) is 59.4 Å². The maximum absolute atomic E-state index is 13.8. The molecule has 1 amide bonds. The molecule has 1 aliphatic heterocycles. The predicted molar refractivity (Wildman–Crippen MR) is 135 cm³/mol. The number of hydrogen-bond acceptors (Lipinski definition) is 5. The topological polar surface area (TPSA) is 84.7 Å². The number of nitrogens with zero attached hydrogens (tertiary/aromatic N) is 3. The molecule has 0 bridgehead atoms. The number of methoxy groups -OCH3 is 1. The highest BCUT2D eigenvalue weighted by Gasteiger charge is 2.33. The molecule has 0 radical (unpaired) electrons. The van der Waals surface area contributed by atoms with E-state index < -0.39 is 23.4 Å². The van der Waals surface area contributed by atoms with Crippen molar-refractivity contribution in [3.05, 3.63) is 87.5 Å². The van der Waals surface area contributed by atoms with E-state index in [4.69, 9.17) is 4.74 Å². The third kappa shape index (κ3) is 4.94. The smallest absolute Gasteiger partial charge is 0.270 e. The second-order valence-electron chi connectivity index (χ2n) is 9.07. The van der Waals surface area contributed by atoms with E-state index in [1.54, 1.807) is 16.6 Å². The number of aromatic nitrogens is 2. The SMILES string of the molecule is CCCCc1nc(O)c(C(=O)N2CC[C@H](c3ccccc3)C2)c(=O)n1[C@H](C)c1ccccc1OC. The summed E-state index contributed by atoms with van der Waals surface area (Å²) in [5, 5.41) is 10.8. The van der Waals surface area contributed by atoms with Gasteiger partial charge in [0, 0.05) is 31.0 Å². The van der Waals surface area contributed by atoms with Crippen LogP contribution in [0.5, 0.6) is 11.6 Å². The molecule has 0 unspecified atom stereocenters. The van der Waals surface area contributed by atoms with Crippen molar-refractivity contribution in [1.29, 1.82) is 0 Å². The molecule has 2 aromatic carbocycles. The van der Waals surface area contributed by atoms with Gasteiger partial charge >= 0.3 is 0 Å². The largest absolute Gasteiger partial charge is 0.496 e. The minimum atomic E-state index is -0.518. The number of ether oxygens (including phenoxy) is 1. The molecule has 1 aliphatic rings. The fourth-order valence-electron chi connectivity index (χ4n) is 4.91. The van der Waals surface area contributed by atoms with Crippen molar-refractivity contribution in [3.8, 4) is 11.6 Å².